The van der Waals surface area contributed by atoms with Gasteiger partial charge in [-0.05, 0) is 31.0 Å². The first kappa shape index (κ1) is 13.0. The highest BCUT2D eigenvalue weighted by atomic mass is 16.1. The molecule has 2 aromatic rings. The lowest BCUT2D eigenvalue weighted by molar-refractivity contribution is 0.0928. The molecule has 0 saturated heterocycles. The van der Waals surface area contributed by atoms with E-state index in [9.17, 15) is 4.79 Å². The van der Waals surface area contributed by atoms with Gasteiger partial charge in [-0.3, -0.25) is 9.78 Å². The van der Waals surface area contributed by atoms with Crippen molar-refractivity contribution >= 4 is 16.8 Å². The Balaban J connectivity index is 1.74. The Labute approximate surface area is 118 Å². The van der Waals surface area contributed by atoms with E-state index in [1.165, 1.54) is 25.7 Å². The fraction of sp³-hybridized carbons (Fsp3) is 0.438. The van der Waals surface area contributed by atoms with Gasteiger partial charge in [-0.25, -0.2) is 4.98 Å². The van der Waals surface area contributed by atoms with Crippen molar-refractivity contribution in [3.8, 4) is 0 Å². The fourth-order valence-corrected chi connectivity index (χ4v) is 2.77. The predicted octanol–water partition coefficient (Wildman–Crippen LogP) is 3.08. The molecule has 0 aromatic carbocycles. The molecule has 104 valence electrons. The van der Waals surface area contributed by atoms with Crippen LogP contribution in [-0.2, 0) is 0 Å². The number of nitrogens with one attached hydrogen (secondary N) is 1. The number of carbonyl (C=O) groups is 1. The van der Waals surface area contributed by atoms with Crippen LogP contribution in [0.1, 0.15) is 49.0 Å². The Kier molecular flexibility index (Phi) is 3.90. The summed E-state index contributed by atoms with van der Waals surface area (Å²) in [6.07, 6.45) is 10.6. The molecule has 2 heterocycles. The van der Waals surface area contributed by atoms with Crippen LogP contribution in [0.5, 0.6) is 0 Å². The number of aromatic nitrogens is 2. The third kappa shape index (κ3) is 2.95. The third-order valence-corrected chi connectivity index (χ3v) is 3.91. The monoisotopic (exact) mass is 269 g/mol. The van der Waals surface area contributed by atoms with Gasteiger partial charge in [0.15, 0.2) is 0 Å². The molecule has 0 spiro atoms. The van der Waals surface area contributed by atoms with Crippen molar-refractivity contribution in [3.63, 3.8) is 0 Å². The molecule has 1 N–H and O–H groups in total. The van der Waals surface area contributed by atoms with E-state index in [4.69, 9.17) is 0 Å². The summed E-state index contributed by atoms with van der Waals surface area (Å²) in [7, 11) is 0. The SMILES string of the molecule is O=C(NC1CCCCCC1)c1ccc2cnccc2n1. The predicted molar refractivity (Wildman–Crippen MR) is 78.5 cm³/mol. The van der Waals surface area contributed by atoms with E-state index >= 15 is 0 Å². The number of hydrogen-bond acceptors (Lipinski definition) is 3. The zero-order chi connectivity index (χ0) is 13.8. The number of rotatable bonds is 2. The summed E-state index contributed by atoms with van der Waals surface area (Å²) in [5, 5.41) is 4.08. The maximum Gasteiger partial charge on any atom is 0.270 e. The van der Waals surface area contributed by atoms with Crippen molar-refractivity contribution in [3.05, 3.63) is 36.3 Å². The smallest absolute Gasteiger partial charge is 0.270 e. The Hall–Kier alpha value is -1.97. The number of nitrogens with zero attached hydrogens (tertiary/aromatic N) is 2. The molecule has 4 heteroatoms. The summed E-state index contributed by atoms with van der Waals surface area (Å²) in [6, 6.07) is 5.81. The van der Waals surface area contributed by atoms with E-state index in [0.29, 0.717) is 11.7 Å². The molecule has 0 atom stereocenters. The van der Waals surface area contributed by atoms with E-state index < -0.39 is 0 Å². The van der Waals surface area contributed by atoms with Crippen molar-refractivity contribution in [2.75, 3.05) is 0 Å². The third-order valence-electron chi connectivity index (χ3n) is 3.91. The van der Waals surface area contributed by atoms with E-state index in [1.807, 2.05) is 12.1 Å². The molecule has 0 bridgehead atoms. The van der Waals surface area contributed by atoms with E-state index in [0.717, 1.165) is 23.7 Å². The number of hydrogen-bond donors (Lipinski definition) is 1. The summed E-state index contributed by atoms with van der Waals surface area (Å²) in [4.78, 5) is 20.7. The number of amides is 1. The first-order chi connectivity index (χ1) is 9.83. The normalized spacial score (nSPS) is 16.8. The molecule has 1 aliphatic rings. The van der Waals surface area contributed by atoms with Gasteiger partial charge in [0.25, 0.3) is 5.91 Å². The minimum absolute atomic E-state index is 0.0596. The van der Waals surface area contributed by atoms with Gasteiger partial charge >= 0.3 is 0 Å². The summed E-state index contributed by atoms with van der Waals surface area (Å²) in [5.74, 6) is -0.0596. The van der Waals surface area contributed by atoms with E-state index in [1.54, 1.807) is 18.5 Å². The maximum absolute atomic E-state index is 12.3. The Bertz CT molecular complexity index is 603. The van der Waals surface area contributed by atoms with Crippen LogP contribution in [-0.4, -0.2) is 21.9 Å². The lowest BCUT2D eigenvalue weighted by atomic mass is 10.1. The molecule has 2 aromatic heterocycles. The molecule has 0 unspecified atom stereocenters. The van der Waals surface area contributed by atoms with Crippen LogP contribution in [0.25, 0.3) is 10.9 Å². The fourth-order valence-electron chi connectivity index (χ4n) is 2.77. The van der Waals surface area contributed by atoms with Gasteiger partial charge in [0.05, 0.1) is 5.52 Å². The van der Waals surface area contributed by atoms with Gasteiger partial charge in [0.2, 0.25) is 0 Å². The van der Waals surface area contributed by atoms with E-state index in [-0.39, 0.29) is 5.91 Å². The average Bonchev–Trinajstić information content (AvgIpc) is 2.75. The summed E-state index contributed by atoms with van der Waals surface area (Å²) >= 11 is 0. The van der Waals surface area contributed by atoms with Crippen molar-refractivity contribution < 1.29 is 4.79 Å². The Morgan fingerprint density at radius 1 is 1.10 bits per heavy atom. The molecule has 1 saturated carbocycles. The molecule has 4 nitrogen and oxygen atoms in total. The molecular formula is C16H19N3O. The van der Waals surface area contributed by atoms with Crippen molar-refractivity contribution in [1.29, 1.82) is 0 Å². The van der Waals surface area contributed by atoms with Gasteiger partial charge in [0, 0.05) is 23.8 Å². The van der Waals surface area contributed by atoms with Crippen LogP contribution in [0.4, 0.5) is 0 Å². The zero-order valence-corrected chi connectivity index (χ0v) is 11.5. The van der Waals surface area contributed by atoms with Gasteiger partial charge in [-0.15, -0.1) is 0 Å². The van der Waals surface area contributed by atoms with Crippen molar-refractivity contribution in [2.24, 2.45) is 0 Å². The van der Waals surface area contributed by atoms with Crippen LogP contribution in [0.2, 0.25) is 0 Å². The van der Waals surface area contributed by atoms with E-state index in [2.05, 4.69) is 15.3 Å². The van der Waals surface area contributed by atoms with Gasteiger partial charge < -0.3 is 5.32 Å². The molecular weight excluding hydrogens is 250 g/mol. The molecule has 0 radical (unpaired) electrons. The lowest BCUT2D eigenvalue weighted by Crippen LogP contribution is -2.34. The number of carbonyl (C=O) groups excluding carboxylic acids is 1. The molecule has 1 aliphatic carbocycles. The highest BCUT2D eigenvalue weighted by Crippen LogP contribution is 2.18. The second kappa shape index (κ2) is 5.99. The highest BCUT2D eigenvalue weighted by Gasteiger charge is 2.16. The molecule has 1 amide bonds. The minimum atomic E-state index is -0.0596. The van der Waals surface area contributed by atoms with Gasteiger partial charge in [0.1, 0.15) is 5.69 Å². The largest absolute Gasteiger partial charge is 0.348 e. The van der Waals surface area contributed by atoms with Gasteiger partial charge in [-0.1, -0.05) is 25.7 Å². The second-order valence-electron chi connectivity index (χ2n) is 5.43. The van der Waals surface area contributed by atoms with Crippen LogP contribution < -0.4 is 5.32 Å². The number of pyridine rings is 2. The summed E-state index contributed by atoms with van der Waals surface area (Å²) < 4.78 is 0. The lowest BCUT2D eigenvalue weighted by Gasteiger charge is -2.15. The second-order valence-corrected chi connectivity index (χ2v) is 5.43. The topological polar surface area (TPSA) is 54.9 Å². The molecule has 3 rings (SSSR count). The minimum Gasteiger partial charge on any atom is -0.348 e. The Morgan fingerprint density at radius 2 is 1.90 bits per heavy atom. The van der Waals surface area contributed by atoms with Crippen molar-refractivity contribution in [2.45, 2.75) is 44.6 Å². The van der Waals surface area contributed by atoms with Crippen LogP contribution in [0, 0.1) is 0 Å². The first-order valence-corrected chi connectivity index (χ1v) is 7.34. The standard InChI is InChI=1S/C16H19N3O/c20-16(18-13-5-3-1-2-4-6-13)15-8-7-12-11-17-10-9-14(12)19-15/h7-11,13H,1-6H2,(H,18,20). The zero-order valence-electron chi connectivity index (χ0n) is 11.5. The van der Waals surface area contributed by atoms with Crippen LogP contribution in [0.3, 0.4) is 0 Å². The summed E-state index contributed by atoms with van der Waals surface area (Å²) in [6.45, 7) is 0. The molecule has 20 heavy (non-hydrogen) atoms. The highest BCUT2D eigenvalue weighted by molar-refractivity contribution is 5.94. The summed E-state index contributed by atoms with van der Waals surface area (Å²) in [5.41, 5.74) is 1.31. The Morgan fingerprint density at radius 3 is 2.70 bits per heavy atom. The molecule has 1 fully saturated rings. The van der Waals surface area contributed by atoms with Crippen molar-refractivity contribution in [1.82, 2.24) is 15.3 Å². The first-order valence-electron chi connectivity index (χ1n) is 7.34. The number of fused-ring (bicyclic) bond motifs is 1. The van der Waals surface area contributed by atoms with Crippen LogP contribution >= 0.6 is 0 Å². The quantitative estimate of drug-likeness (QED) is 0.852. The average molecular weight is 269 g/mol. The van der Waals surface area contributed by atoms with Crippen LogP contribution in [0.15, 0.2) is 30.6 Å². The maximum atomic E-state index is 12.3. The molecule has 0 aliphatic heterocycles. The van der Waals surface area contributed by atoms with Gasteiger partial charge in [-0.2, -0.15) is 0 Å².